The van der Waals surface area contributed by atoms with Gasteiger partial charge in [0.25, 0.3) is 5.56 Å². The van der Waals surface area contributed by atoms with Gasteiger partial charge in [0.05, 0.1) is 41.7 Å². The fourth-order valence-corrected chi connectivity index (χ4v) is 7.05. The highest BCUT2D eigenvalue weighted by Crippen LogP contribution is 2.36. The number of allylic oxidation sites excluding steroid dienone is 1. The van der Waals surface area contributed by atoms with E-state index in [0.29, 0.717) is 62.4 Å². The van der Waals surface area contributed by atoms with E-state index >= 15 is 0 Å². The Morgan fingerprint density at radius 2 is 1.72 bits per heavy atom. The Labute approximate surface area is 275 Å². The first-order chi connectivity index (χ1) is 22.3. The summed E-state index contributed by atoms with van der Waals surface area (Å²) in [6.45, 7) is 9.00. The van der Waals surface area contributed by atoms with E-state index in [-0.39, 0.29) is 12.2 Å². The molecular weight excluding hydrogens is 622 g/mol. The Hall–Kier alpha value is -4.60. The van der Waals surface area contributed by atoms with Crippen molar-refractivity contribution in [2.45, 2.75) is 40.3 Å². The lowest BCUT2D eigenvalue weighted by Gasteiger charge is -2.25. The summed E-state index contributed by atoms with van der Waals surface area (Å²) in [6.07, 6.45) is 3.94. The van der Waals surface area contributed by atoms with Crippen molar-refractivity contribution >= 4 is 45.9 Å². The first-order valence-electron chi connectivity index (χ1n) is 15.2. The summed E-state index contributed by atoms with van der Waals surface area (Å²) in [5, 5.41) is 1.71. The van der Waals surface area contributed by atoms with Gasteiger partial charge in [0.2, 0.25) is 0 Å². The highest BCUT2D eigenvalue weighted by atomic mass is 35.5. The monoisotopic (exact) mass is 655 g/mol. The summed E-state index contributed by atoms with van der Waals surface area (Å²) in [4.78, 5) is 32.9. The molecule has 0 unspecified atom stereocenters. The van der Waals surface area contributed by atoms with Gasteiger partial charge in [-0.25, -0.2) is 9.79 Å². The van der Waals surface area contributed by atoms with E-state index in [1.165, 1.54) is 11.3 Å². The van der Waals surface area contributed by atoms with Crippen LogP contribution in [0.3, 0.4) is 0 Å². The maximum Gasteiger partial charge on any atom is 0.338 e. The number of carbonyl (C=O) groups excluding carboxylic acids is 1. The fourth-order valence-electron chi connectivity index (χ4n) is 5.82. The highest BCUT2D eigenvalue weighted by molar-refractivity contribution is 7.07. The van der Waals surface area contributed by atoms with E-state index in [9.17, 15) is 9.59 Å². The molecule has 0 fully saturated rings. The van der Waals surface area contributed by atoms with Crippen molar-refractivity contribution in [1.82, 2.24) is 9.13 Å². The van der Waals surface area contributed by atoms with Crippen LogP contribution in [0.15, 0.2) is 94.0 Å². The molecule has 2 aromatic heterocycles. The van der Waals surface area contributed by atoms with E-state index in [2.05, 4.69) is 10.6 Å². The van der Waals surface area contributed by atoms with Gasteiger partial charge in [0.15, 0.2) is 16.3 Å². The number of rotatable bonds is 10. The van der Waals surface area contributed by atoms with E-state index in [1.54, 1.807) is 18.4 Å². The van der Waals surface area contributed by atoms with Gasteiger partial charge in [-0.15, -0.1) is 0 Å². The maximum absolute atomic E-state index is 14.3. The Balaban J connectivity index is 1.52. The van der Waals surface area contributed by atoms with E-state index in [4.69, 9.17) is 30.8 Å². The Morgan fingerprint density at radius 1 is 0.978 bits per heavy atom. The number of hydrogen-bond donors (Lipinski definition) is 0. The predicted octanol–water partition coefficient (Wildman–Crippen LogP) is 6.25. The second kappa shape index (κ2) is 13.4. The molecule has 0 amide bonds. The van der Waals surface area contributed by atoms with Gasteiger partial charge in [-0.05, 0) is 69.2 Å². The standard InChI is InChI=1S/C36H34ClN3O5S/c1-5-43-29-17-16-23(18-30(29)44-6-2)33-32(35(42)45-7-3)22(4)38-36-40(33)34(41)31(46-36)19-25-21-39(28-15-11-9-13-26(25)28)20-24-12-8-10-14-27(24)37/h8-19,21,33H,5-7,20H2,1-4H3/b31-19-/t33-/m1/s1. The minimum atomic E-state index is -0.770. The van der Waals surface area contributed by atoms with Crippen LogP contribution in [-0.2, 0) is 16.1 Å². The quantitative estimate of drug-likeness (QED) is 0.166. The van der Waals surface area contributed by atoms with Gasteiger partial charge in [-0.3, -0.25) is 9.36 Å². The predicted molar refractivity (Wildman–Crippen MR) is 182 cm³/mol. The number of halogens is 1. The van der Waals surface area contributed by atoms with Crippen LogP contribution in [0.5, 0.6) is 11.5 Å². The molecule has 0 N–H and O–H groups in total. The number of carbonyl (C=O) groups is 1. The summed E-state index contributed by atoms with van der Waals surface area (Å²) >= 11 is 7.79. The Morgan fingerprint density at radius 3 is 2.48 bits per heavy atom. The first-order valence-corrected chi connectivity index (χ1v) is 16.4. The van der Waals surface area contributed by atoms with Crippen LogP contribution in [0.25, 0.3) is 17.0 Å². The molecule has 1 aliphatic heterocycles. The largest absolute Gasteiger partial charge is 0.490 e. The number of benzene rings is 3. The third-order valence-corrected chi connectivity index (χ3v) is 9.16. The number of aromatic nitrogens is 2. The summed E-state index contributed by atoms with van der Waals surface area (Å²) in [5.41, 5.74) is 4.16. The van der Waals surface area contributed by atoms with Crippen molar-refractivity contribution in [2.24, 2.45) is 4.99 Å². The molecule has 0 radical (unpaired) electrons. The number of para-hydroxylation sites is 1. The normalized spacial score (nSPS) is 14.7. The van der Waals surface area contributed by atoms with Crippen molar-refractivity contribution in [3.63, 3.8) is 0 Å². The summed E-state index contributed by atoms with van der Waals surface area (Å²) in [5.74, 6) is 0.609. The van der Waals surface area contributed by atoms with Gasteiger partial charge < -0.3 is 18.8 Å². The molecule has 10 heteroatoms. The molecule has 5 aromatic rings. The zero-order chi connectivity index (χ0) is 32.4. The molecule has 0 bridgehead atoms. The molecule has 3 heterocycles. The fraction of sp³-hybridized carbons (Fsp3) is 0.250. The molecule has 3 aromatic carbocycles. The molecule has 6 rings (SSSR count). The number of fused-ring (bicyclic) bond motifs is 2. The van der Waals surface area contributed by atoms with Crippen LogP contribution in [0.2, 0.25) is 5.02 Å². The van der Waals surface area contributed by atoms with Gasteiger partial charge >= 0.3 is 5.97 Å². The zero-order valence-electron chi connectivity index (χ0n) is 26.1. The third-order valence-electron chi connectivity index (χ3n) is 7.80. The number of thiazole rings is 1. The molecule has 0 saturated heterocycles. The smallest absolute Gasteiger partial charge is 0.338 e. The SMILES string of the molecule is CCOC(=O)C1=C(C)N=c2s/c(=C\c3cn(Cc4ccccc4Cl)c4ccccc34)c(=O)n2[C@@H]1c1ccc(OCC)c(OCC)c1. The number of esters is 1. The lowest BCUT2D eigenvalue weighted by molar-refractivity contribution is -0.139. The number of nitrogens with zero attached hydrogens (tertiary/aromatic N) is 3. The summed E-state index contributed by atoms with van der Waals surface area (Å²) in [7, 11) is 0. The maximum atomic E-state index is 14.3. The highest BCUT2D eigenvalue weighted by Gasteiger charge is 2.34. The van der Waals surface area contributed by atoms with Crippen LogP contribution >= 0.6 is 22.9 Å². The average molecular weight is 656 g/mol. The molecule has 46 heavy (non-hydrogen) atoms. The Kier molecular flexibility index (Phi) is 9.15. The van der Waals surface area contributed by atoms with Crippen molar-refractivity contribution in [3.8, 4) is 11.5 Å². The van der Waals surface area contributed by atoms with Crippen LogP contribution in [0, 0.1) is 0 Å². The minimum absolute atomic E-state index is 0.193. The molecule has 0 aliphatic carbocycles. The molecule has 8 nitrogen and oxygen atoms in total. The molecule has 1 atom stereocenters. The van der Waals surface area contributed by atoms with Crippen molar-refractivity contribution in [3.05, 3.63) is 126 Å². The minimum Gasteiger partial charge on any atom is -0.490 e. The van der Waals surface area contributed by atoms with Gasteiger partial charge in [-0.1, -0.05) is 65.4 Å². The van der Waals surface area contributed by atoms with Crippen LogP contribution in [0.4, 0.5) is 0 Å². The second-order valence-electron chi connectivity index (χ2n) is 10.7. The molecule has 0 saturated carbocycles. The van der Waals surface area contributed by atoms with Crippen molar-refractivity contribution < 1.29 is 19.0 Å². The second-order valence-corrected chi connectivity index (χ2v) is 12.1. The van der Waals surface area contributed by atoms with Crippen molar-refractivity contribution in [1.29, 1.82) is 0 Å². The first kappa shape index (κ1) is 31.4. The zero-order valence-corrected chi connectivity index (χ0v) is 27.7. The molecule has 1 aliphatic rings. The van der Waals surface area contributed by atoms with Crippen LogP contribution in [-0.4, -0.2) is 34.9 Å². The van der Waals surface area contributed by atoms with E-state index in [0.717, 1.165) is 22.0 Å². The lowest BCUT2D eigenvalue weighted by atomic mass is 9.95. The third kappa shape index (κ3) is 5.88. The molecular formula is C36H34ClN3O5S. The van der Waals surface area contributed by atoms with Crippen LogP contribution < -0.4 is 24.4 Å². The number of ether oxygens (including phenoxy) is 3. The van der Waals surface area contributed by atoms with Gasteiger partial charge in [0.1, 0.15) is 0 Å². The van der Waals surface area contributed by atoms with Gasteiger partial charge in [-0.2, -0.15) is 0 Å². The van der Waals surface area contributed by atoms with Gasteiger partial charge in [0, 0.05) is 34.2 Å². The Bertz CT molecular complexity index is 2160. The van der Waals surface area contributed by atoms with E-state index < -0.39 is 12.0 Å². The lowest BCUT2D eigenvalue weighted by Crippen LogP contribution is -2.40. The van der Waals surface area contributed by atoms with E-state index in [1.807, 2.05) is 86.8 Å². The number of hydrogen-bond acceptors (Lipinski definition) is 7. The average Bonchev–Trinajstić information content (AvgIpc) is 3.54. The summed E-state index contributed by atoms with van der Waals surface area (Å²) < 4.78 is 21.4. The van der Waals surface area contributed by atoms with Crippen molar-refractivity contribution in [2.75, 3.05) is 19.8 Å². The molecule has 236 valence electrons. The molecule has 0 spiro atoms. The van der Waals surface area contributed by atoms with Crippen LogP contribution in [0.1, 0.15) is 50.4 Å². The summed E-state index contributed by atoms with van der Waals surface area (Å²) in [6, 6.07) is 20.6. The topological polar surface area (TPSA) is 84.1 Å².